The van der Waals surface area contributed by atoms with Crippen LogP contribution in [-0.4, -0.2) is 15.5 Å². The molecule has 0 radical (unpaired) electrons. The topological polar surface area (TPSA) is 43.4 Å². The molecule has 1 aromatic carbocycles. The molecule has 1 aliphatic carbocycles. The van der Waals surface area contributed by atoms with Gasteiger partial charge in [0.25, 0.3) is 0 Å². The zero-order valence-electron chi connectivity index (χ0n) is 10.0. The summed E-state index contributed by atoms with van der Waals surface area (Å²) in [6.07, 6.45) is 9.43. The zero-order valence-corrected chi connectivity index (χ0v) is 10.9. The molecule has 0 bridgehead atoms. The van der Waals surface area contributed by atoms with Gasteiger partial charge < -0.3 is 4.74 Å². The van der Waals surface area contributed by atoms with Gasteiger partial charge in [-0.3, -0.25) is 0 Å². The fraction of sp³-hybridized carbons (Fsp3) is 0.143. The number of allylic oxidation sites excluding steroid dienone is 5. The highest BCUT2D eigenvalue weighted by Crippen LogP contribution is 2.24. The van der Waals surface area contributed by atoms with Gasteiger partial charge in [-0.05, 0) is 36.8 Å². The van der Waals surface area contributed by atoms with E-state index in [1.165, 1.54) is 0 Å². The Morgan fingerprint density at radius 1 is 1.11 bits per heavy atom. The summed E-state index contributed by atoms with van der Waals surface area (Å²) in [4.78, 5) is 0.610. The molecule has 3 nitrogen and oxygen atoms in total. The minimum atomic E-state index is -3.43. The second-order valence-electron chi connectivity index (χ2n) is 3.81. The van der Waals surface area contributed by atoms with Crippen molar-refractivity contribution in [1.82, 2.24) is 0 Å². The monoisotopic (exact) mass is 262 g/mol. The molecule has 0 saturated heterocycles. The van der Waals surface area contributed by atoms with E-state index < -0.39 is 9.84 Å². The minimum absolute atomic E-state index is 0.279. The van der Waals surface area contributed by atoms with Crippen LogP contribution in [0.25, 0.3) is 0 Å². The van der Waals surface area contributed by atoms with Crippen LogP contribution < -0.4 is 4.74 Å². The predicted molar refractivity (Wildman–Crippen MR) is 71.2 cm³/mol. The lowest BCUT2D eigenvalue weighted by Crippen LogP contribution is -2.03. The summed E-state index contributed by atoms with van der Waals surface area (Å²) in [5.74, 6) is 0.640. The standard InChI is InChI=1S/C14H14O3S/c1-17-12-8-10-14(11-9-12)18(15,16)13-6-4-2-3-5-7-13/h2-4,6-11H,5H2,1H3. The van der Waals surface area contributed by atoms with Crippen LogP contribution in [-0.2, 0) is 9.84 Å². The highest BCUT2D eigenvalue weighted by Gasteiger charge is 2.18. The summed E-state index contributed by atoms with van der Waals surface area (Å²) in [6, 6.07) is 6.40. The molecule has 0 atom stereocenters. The molecule has 0 spiro atoms. The molecular formula is C14H14O3S. The van der Waals surface area contributed by atoms with Gasteiger partial charge in [0.2, 0.25) is 9.84 Å². The lowest BCUT2D eigenvalue weighted by atomic mass is 10.3. The van der Waals surface area contributed by atoms with Crippen molar-refractivity contribution in [3.63, 3.8) is 0 Å². The van der Waals surface area contributed by atoms with Crippen LogP contribution in [0.2, 0.25) is 0 Å². The Morgan fingerprint density at radius 2 is 1.83 bits per heavy atom. The van der Waals surface area contributed by atoms with Crippen molar-refractivity contribution in [2.24, 2.45) is 0 Å². The van der Waals surface area contributed by atoms with Crippen molar-refractivity contribution in [3.8, 4) is 5.75 Å². The zero-order chi connectivity index (χ0) is 13.0. The summed E-state index contributed by atoms with van der Waals surface area (Å²) in [7, 11) is -1.88. The second kappa shape index (κ2) is 5.23. The third-order valence-electron chi connectivity index (χ3n) is 2.64. The molecule has 1 aliphatic rings. The first-order valence-electron chi connectivity index (χ1n) is 5.57. The summed E-state index contributed by atoms with van der Waals surface area (Å²) in [5.41, 5.74) is 0. The Bertz CT molecular complexity index is 605. The first-order valence-corrected chi connectivity index (χ1v) is 7.05. The Hall–Kier alpha value is -1.81. The van der Waals surface area contributed by atoms with Crippen LogP contribution in [0.5, 0.6) is 5.75 Å². The number of rotatable bonds is 3. The highest BCUT2D eigenvalue weighted by atomic mass is 32.2. The molecule has 4 heteroatoms. The van der Waals surface area contributed by atoms with Gasteiger partial charge in [0.15, 0.2) is 0 Å². The number of hydrogen-bond donors (Lipinski definition) is 0. The molecule has 2 rings (SSSR count). The number of hydrogen-bond acceptors (Lipinski definition) is 3. The smallest absolute Gasteiger partial charge is 0.206 e. The van der Waals surface area contributed by atoms with Crippen LogP contribution >= 0.6 is 0 Å². The van der Waals surface area contributed by atoms with E-state index in [0.717, 1.165) is 0 Å². The summed E-state index contributed by atoms with van der Waals surface area (Å²) in [6.45, 7) is 0. The van der Waals surface area contributed by atoms with Gasteiger partial charge in [0.05, 0.1) is 16.9 Å². The number of benzene rings is 1. The van der Waals surface area contributed by atoms with Crippen LogP contribution in [0, 0.1) is 0 Å². The average Bonchev–Trinajstić information content (AvgIpc) is 2.68. The van der Waals surface area contributed by atoms with Gasteiger partial charge in [-0.15, -0.1) is 0 Å². The van der Waals surface area contributed by atoms with Gasteiger partial charge in [0.1, 0.15) is 5.75 Å². The van der Waals surface area contributed by atoms with Crippen molar-refractivity contribution < 1.29 is 13.2 Å². The summed E-state index contributed by atoms with van der Waals surface area (Å²) < 4.78 is 29.7. The Labute approximate surface area is 107 Å². The van der Waals surface area contributed by atoms with E-state index in [1.807, 2.05) is 12.2 Å². The van der Waals surface area contributed by atoms with Crippen molar-refractivity contribution >= 4 is 9.84 Å². The SMILES string of the molecule is COc1ccc(S(=O)(=O)C2=CCC=CC=C2)cc1. The van der Waals surface area contributed by atoms with Crippen LogP contribution in [0.3, 0.4) is 0 Å². The molecule has 0 unspecified atom stereocenters. The van der Waals surface area contributed by atoms with Gasteiger partial charge in [0, 0.05) is 0 Å². The number of sulfone groups is 1. The second-order valence-corrected chi connectivity index (χ2v) is 5.76. The van der Waals surface area contributed by atoms with Gasteiger partial charge in [-0.1, -0.05) is 24.3 Å². The average molecular weight is 262 g/mol. The number of methoxy groups -OCH3 is 1. The molecule has 0 saturated carbocycles. The van der Waals surface area contributed by atoms with E-state index in [9.17, 15) is 8.42 Å². The van der Waals surface area contributed by atoms with Crippen molar-refractivity contribution in [2.45, 2.75) is 11.3 Å². The maximum atomic E-state index is 12.4. The Balaban J connectivity index is 2.38. The molecule has 1 aromatic rings. The molecule has 18 heavy (non-hydrogen) atoms. The maximum Gasteiger partial charge on any atom is 0.206 e. The molecule has 0 N–H and O–H groups in total. The molecular weight excluding hydrogens is 248 g/mol. The molecule has 0 fully saturated rings. The summed E-state index contributed by atoms with van der Waals surface area (Å²) in [5, 5.41) is 0. The lowest BCUT2D eigenvalue weighted by Gasteiger charge is -2.06. The fourth-order valence-electron chi connectivity index (χ4n) is 1.65. The van der Waals surface area contributed by atoms with E-state index in [-0.39, 0.29) is 4.90 Å². The summed E-state index contributed by atoms with van der Waals surface area (Å²) >= 11 is 0. The lowest BCUT2D eigenvalue weighted by molar-refractivity contribution is 0.414. The fourth-order valence-corrected chi connectivity index (χ4v) is 2.99. The van der Waals surface area contributed by atoms with Crippen molar-refractivity contribution in [3.05, 3.63) is 59.6 Å². The third kappa shape index (κ3) is 2.54. The van der Waals surface area contributed by atoms with Crippen molar-refractivity contribution in [1.29, 1.82) is 0 Å². The molecule has 0 heterocycles. The Kier molecular flexibility index (Phi) is 3.67. The van der Waals surface area contributed by atoms with E-state index in [1.54, 1.807) is 49.6 Å². The molecule has 0 amide bonds. The van der Waals surface area contributed by atoms with Crippen LogP contribution in [0.4, 0.5) is 0 Å². The first-order chi connectivity index (χ1) is 8.64. The largest absolute Gasteiger partial charge is 0.497 e. The van der Waals surface area contributed by atoms with Gasteiger partial charge in [-0.2, -0.15) is 0 Å². The van der Waals surface area contributed by atoms with Crippen LogP contribution in [0.1, 0.15) is 6.42 Å². The number of ether oxygens (including phenoxy) is 1. The normalized spacial score (nSPS) is 15.1. The van der Waals surface area contributed by atoms with Gasteiger partial charge >= 0.3 is 0 Å². The predicted octanol–water partition coefficient (Wildman–Crippen LogP) is 2.87. The van der Waals surface area contributed by atoms with Crippen LogP contribution in [0.15, 0.2) is 64.4 Å². The molecule has 0 aliphatic heterocycles. The quantitative estimate of drug-likeness (QED) is 0.841. The third-order valence-corrected chi connectivity index (χ3v) is 4.46. The highest BCUT2D eigenvalue weighted by molar-refractivity contribution is 7.95. The van der Waals surface area contributed by atoms with Crippen molar-refractivity contribution in [2.75, 3.05) is 7.11 Å². The molecule has 0 aromatic heterocycles. The van der Waals surface area contributed by atoms with E-state index in [2.05, 4.69) is 0 Å². The molecule has 94 valence electrons. The first kappa shape index (κ1) is 12.6. The van der Waals surface area contributed by atoms with Gasteiger partial charge in [-0.25, -0.2) is 8.42 Å². The van der Waals surface area contributed by atoms with E-state index >= 15 is 0 Å². The Morgan fingerprint density at radius 3 is 2.50 bits per heavy atom. The van der Waals surface area contributed by atoms with E-state index in [0.29, 0.717) is 17.1 Å². The minimum Gasteiger partial charge on any atom is -0.497 e. The van der Waals surface area contributed by atoms with E-state index in [4.69, 9.17) is 4.74 Å². The maximum absolute atomic E-state index is 12.4.